The number of aromatic nitrogens is 1. The molecule has 1 aliphatic carbocycles. The van der Waals surface area contributed by atoms with Gasteiger partial charge in [0.1, 0.15) is 0 Å². The normalized spacial score (nSPS) is 22.2. The van der Waals surface area contributed by atoms with E-state index in [4.69, 9.17) is 0 Å². The molecule has 2 heterocycles. The minimum Gasteiger partial charge on any atom is -0.332 e. The van der Waals surface area contributed by atoms with Crippen LogP contribution in [0.5, 0.6) is 0 Å². The zero-order valence-electron chi connectivity index (χ0n) is 14.5. The first-order valence-electron chi connectivity index (χ1n) is 8.75. The summed E-state index contributed by atoms with van der Waals surface area (Å²) in [4.78, 5) is 19.7. The highest BCUT2D eigenvalue weighted by Crippen LogP contribution is 2.34. The minimum absolute atomic E-state index is 0.0713. The lowest BCUT2D eigenvalue weighted by Gasteiger charge is -2.29. The predicted octanol–water partition coefficient (Wildman–Crippen LogP) is 2.64. The second-order valence-electron chi connectivity index (χ2n) is 7.32. The summed E-state index contributed by atoms with van der Waals surface area (Å²) in [6.45, 7) is 3.86. The van der Waals surface area contributed by atoms with Gasteiger partial charge >= 0.3 is 0 Å². The van der Waals surface area contributed by atoms with Crippen LogP contribution in [0.3, 0.4) is 0 Å². The molecule has 5 nitrogen and oxygen atoms in total. The maximum absolute atomic E-state index is 13.3. The Morgan fingerprint density at radius 1 is 1.12 bits per heavy atom. The van der Waals surface area contributed by atoms with E-state index in [9.17, 15) is 13.2 Å². The van der Waals surface area contributed by atoms with Crippen molar-refractivity contribution in [2.24, 2.45) is 0 Å². The first kappa shape index (κ1) is 16.5. The third-order valence-electron chi connectivity index (χ3n) is 5.17. The van der Waals surface area contributed by atoms with E-state index >= 15 is 0 Å². The lowest BCUT2D eigenvalue weighted by Crippen LogP contribution is -2.43. The number of benzene rings is 1. The molecule has 1 amide bonds. The Labute approximate surface area is 148 Å². The standard InChI is InChI=1S/C19H22N2O3S/c1-12-3-6-18-14(9-12)10-17(13(2)20-18)19(22)21(15-4-5-15)16-7-8-25(23,24)11-16/h3,6,9-10,15-16H,4-5,7-8,11H2,1-2H3. The summed E-state index contributed by atoms with van der Waals surface area (Å²) in [5.74, 6) is 0.203. The molecule has 0 bridgehead atoms. The lowest BCUT2D eigenvalue weighted by molar-refractivity contribution is 0.0680. The van der Waals surface area contributed by atoms with Gasteiger partial charge in [-0.1, -0.05) is 11.6 Å². The van der Waals surface area contributed by atoms with E-state index in [1.807, 2.05) is 43.0 Å². The molecule has 1 aliphatic heterocycles. The van der Waals surface area contributed by atoms with E-state index < -0.39 is 9.84 Å². The van der Waals surface area contributed by atoms with Crippen LogP contribution in [-0.2, 0) is 9.84 Å². The minimum atomic E-state index is -3.02. The van der Waals surface area contributed by atoms with Gasteiger partial charge < -0.3 is 4.90 Å². The summed E-state index contributed by atoms with van der Waals surface area (Å²) in [6.07, 6.45) is 2.46. The van der Waals surface area contributed by atoms with Crippen LogP contribution >= 0.6 is 0 Å². The van der Waals surface area contributed by atoms with E-state index in [-0.39, 0.29) is 29.5 Å². The van der Waals surface area contributed by atoms with Crippen molar-refractivity contribution in [3.05, 3.63) is 41.1 Å². The highest BCUT2D eigenvalue weighted by molar-refractivity contribution is 7.91. The number of fused-ring (bicyclic) bond motifs is 1. The van der Waals surface area contributed by atoms with Crippen LogP contribution in [0.4, 0.5) is 0 Å². The summed E-state index contributed by atoms with van der Waals surface area (Å²) in [5.41, 5.74) is 3.29. The van der Waals surface area contributed by atoms with Crippen LogP contribution in [0, 0.1) is 13.8 Å². The Morgan fingerprint density at radius 2 is 1.88 bits per heavy atom. The van der Waals surface area contributed by atoms with Gasteiger partial charge in [-0.15, -0.1) is 0 Å². The van der Waals surface area contributed by atoms with E-state index in [1.54, 1.807) is 0 Å². The third kappa shape index (κ3) is 3.15. The number of carbonyl (C=O) groups is 1. The predicted molar refractivity (Wildman–Crippen MR) is 97.5 cm³/mol. The first-order chi connectivity index (χ1) is 11.8. The number of nitrogens with zero attached hydrogens (tertiary/aromatic N) is 2. The molecule has 0 radical (unpaired) electrons. The Hall–Kier alpha value is -1.95. The van der Waals surface area contributed by atoms with Crippen LogP contribution < -0.4 is 0 Å². The number of aryl methyl sites for hydroxylation is 2. The largest absolute Gasteiger partial charge is 0.332 e. The number of carbonyl (C=O) groups excluding carboxylic acids is 1. The molecule has 2 fully saturated rings. The van der Waals surface area contributed by atoms with Gasteiger partial charge in [-0.2, -0.15) is 0 Å². The molecule has 0 N–H and O–H groups in total. The Balaban J connectivity index is 1.73. The highest BCUT2D eigenvalue weighted by atomic mass is 32.2. The van der Waals surface area contributed by atoms with Crippen molar-refractivity contribution in [2.45, 2.75) is 45.2 Å². The quantitative estimate of drug-likeness (QED) is 0.846. The zero-order chi connectivity index (χ0) is 17.8. The number of hydrogen-bond acceptors (Lipinski definition) is 4. The van der Waals surface area contributed by atoms with E-state index in [1.165, 1.54) is 0 Å². The molecule has 1 unspecified atom stereocenters. The lowest BCUT2D eigenvalue weighted by atomic mass is 10.1. The molecule has 0 spiro atoms. The molecule has 2 aliphatic rings. The van der Waals surface area contributed by atoms with Crippen molar-refractivity contribution in [1.29, 1.82) is 0 Å². The number of pyridine rings is 1. The summed E-state index contributed by atoms with van der Waals surface area (Å²) in [6, 6.07) is 7.90. The number of sulfone groups is 1. The van der Waals surface area contributed by atoms with E-state index in [2.05, 4.69) is 4.98 Å². The molecule has 1 atom stereocenters. The molecule has 1 saturated heterocycles. The Kier molecular flexibility index (Phi) is 3.83. The molecule has 1 aromatic heterocycles. The second-order valence-corrected chi connectivity index (χ2v) is 9.55. The van der Waals surface area contributed by atoms with E-state index in [0.717, 1.165) is 29.3 Å². The summed E-state index contributed by atoms with van der Waals surface area (Å²) < 4.78 is 23.8. The van der Waals surface area contributed by atoms with Gasteiger partial charge in [0, 0.05) is 17.5 Å². The topological polar surface area (TPSA) is 67.3 Å². The van der Waals surface area contributed by atoms with Crippen molar-refractivity contribution in [2.75, 3.05) is 11.5 Å². The maximum atomic E-state index is 13.3. The van der Waals surface area contributed by atoms with Gasteiger partial charge in [-0.05, 0) is 51.3 Å². The van der Waals surface area contributed by atoms with Crippen LogP contribution in [0.15, 0.2) is 24.3 Å². The number of amides is 1. The zero-order valence-corrected chi connectivity index (χ0v) is 15.3. The number of hydrogen-bond donors (Lipinski definition) is 0. The molecule has 4 rings (SSSR count). The van der Waals surface area contributed by atoms with Crippen LogP contribution in [0.25, 0.3) is 10.9 Å². The maximum Gasteiger partial charge on any atom is 0.256 e. The Morgan fingerprint density at radius 3 is 2.52 bits per heavy atom. The molecule has 132 valence electrons. The van der Waals surface area contributed by atoms with Gasteiger partial charge in [0.05, 0.1) is 28.3 Å². The van der Waals surface area contributed by atoms with Gasteiger partial charge in [0.25, 0.3) is 5.91 Å². The van der Waals surface area contributed by atoms with Crippen LogP contribution in [-0.4, -0.2) is 47.8 Å². The van der Waals surface area contributed by atoms with Crippen molar-refractivity contribution in [1.82, 2.24) is 9.88 Å². The van der Waals surface area contributed by atoms with Crippen molar-refractivity contribution in [3.63, 3.8) is 0 Å². The fourth-order valence-corrected chi connectivity index (χ4v) is 5.44. The third-order valence-corrected chi connectivity index (χ3v) is 6.92. The van der Waals surface area contributed by atoms with Gasteiger partial charge in [-0.3, -0.25) is 9.78 Å². The SMILES string of the molecule is Cc1ccc2nc(C)c(C(=O)N(C3CC3)C3CCS(=O)(=O)C3)cc2c1. The number of rotatable bonds is 3. The average Bonchev–Trinajstić information content (AvgIpc) is 3.30. The second kappa shape index (κ2) is 5.80. The van der Waals surface area contributed by atoms with Crippen LogP contribution in [0.2, 0.25) is 0 Å². The fourth-order valence-electron chi connectivity index (χ4n) is 3.73. The summed E-state index contributed by atoms with van der Waals surface area (Å²) >= 11 is 0. The fraction of sp³-hybridized carbons (Fsp3) is 0.474. The first-order valence-corrected chi connectivity index (χ1v) is 10.6. The average molecular weight is 358 g/mol. The molecular formula is C19H22N2O3S. The van der Waals surface area contributed by atoms with Crippen molar-refractivity contribution < 1.29 is 13.2 Å². The van der Waals surface area contributed by atoms with E-state index in [0.29, 0.717) is 17.7 Å². The molecule has 25 heavy (non-hydrogen) atoms. The molecular weight excluding hydrogens is 336 g/mol. The van der Waals surface area contributed by atoms with Crippen molar-refractivity contribution in [3.8, 4) is 0 Å². The summed E-state index contributed by atoms with van der Waals surface area (Å²) in [5, 5.41) is 0.948. The highest BCUT2D eigenvalue weighted by Gasteiger charge is 2.42. The summed E-state index contributed by atoms with van der Waals surface area (Å²) in [7, 11) is -3.02. The Bertz CT molecular complexity index is 964. The van der Waals surface area contributed by atoms with Crippen molar-refractivity contribution >= 4 is 26.6 Å². The molecule has 6 heteroatoms. The molecule has 1 aromatic carbocycles. The molecule has 1 saturated carbocycles. The van der Waals surface area contributed by atoms with Crippen LogP contribution in [0.1, 0.15) is 40.9 Å². The monoisotopic (exact) mass is 358 g/mol. The van der Waals surface area contributed by atoms with Gasteiger partial charge in [0.2, 0.25) is 0 Å². The smallest absolute Gasteiger partial charge is 0.256 e. The van der Waals surface area contributed by atoms with Gasteiger partial charge in [0.15, 0.2) is 9.84 Å². The van der Waals surface area contributed by atoms with Gasteiger partial charge in [-0.25, -0.2) is 8.42 Å². The molecule has 2 aromatic rings.